The van der Waals surface area contributed by atoms with Crippen LogP contribution in [-0.2, 0) is 9.53 Å². The van der Waals surface area contributed by atoms with Crippen molar-refractivity contribution in [3.8, 4) is 0 Å². The molecule has 1 heterocycles. The molecule has 0 aliphatic carbocycles. The van der Waals surface area contributed by atoms with Gasteiger partial charge in [0.05, 0.1) is 13.0 Å². The maximum Gasteiger partial charge on any atom is 0.307 e. The minimum absolute atomic E-state index is 0.172. The van der Waals surface area contributed by atoms with Crippen molar-refractivity contribution in [2.45, 2.75) is 13.3 Å². The number of pyridine rings is 1. The monoisotopic (exact) mass is 258 g/mol. The summed E-state index contributed by atoms with van der Waals surface area (Å²) in [6.45, 7) is 2.84. The molecule has 0 N–H and O–H groups in total. The van der Waals surface area contributed by atoms with Crippen molar-refractivity contribution < 1.29 is 9.53 Å². The lowest BCUT2D eigenvalue weighted by molar-refractivity contribution is -0.142. The number of hydrogen-bond donors (Lipinski definition) is 0. The van der Waals surface area contributed by atoms with Gasteiger partial charge in [-0.3, -0.25) is 4.79 Å². The Bertz CT molecular complexity index is 564. The number of carbonyl (C=O) groups excluding carboxylic acids is 1. The molecule has 100 valence electrons. The quantitative estimate of drug-likeness (QED) is 0.773. The van der Waals surface area contributed by atoms with E-state index in [1.54, 1.807) is 6.20 Å². The van der Waals surface area contributed by atoms with Gasteiger partial charge in [0.25, 0.3) is 0 Å². The van der Waals surface area contributed by atoms with Crippen LogP contribution in [0.3, 0.4) is 0 Å². The van der Waals surface area contributed by atoms with E-state index in [1.807, 2.05) is 43.1 Å². The highest BCUT2D eigenvalue weighted by Gasteiger charge is 2.09. The average Bonchev–Trinajstić information content (AvgIpc) is 2.44. The minimum Gasteiger partial charge on any atom is -0.466 e. The molecule has 1 aromatic carbocycles. The Morgan fingerprint density at radius 3 is 2.89 bits per heavy atom. The third kappa shape index (κ3) is 3.22. The largest absolute Gasteiger partial charge is 0.466 e. The van der Waals surface area contributed by atoms with Gasteiger partial charge in [-0.2, -0.15) is 0 Å². The number of carbonyl (C=O) groups is 1. The van der Waals surface area contributed by atoms with Crippen LogP contribution in [0.5, 0.6) is 0 Å². The van der Waals surface area contributed by atoms with Gasteiger partial charge >= 0.3 is 5.97 Å². The molecule has 4 nitrogen and oxygen atoms in total. The highest BCUT2D eigenvalue weighted by atomic mass is 16.5. The van der Waals surface area contributed by atoms with Gasteiger partial charge in [0.2, 0.25) is 0 Å². The average molecular weight is 258 g/mol. The van der Waals surface area contributed by atoms with Crippen LogP contribution in [0.2, 0.25) is 0 Å². The van der Waals surface area contributed by atoms with Crippen molar-refractivity contribution in [1.29, 1.82) is 0 Å². The number of benzene rings is 1. The first kappa shape index (κ1) is 13.3. The number of esters is 1. The van der Waals surface area contributed by atoms with Gasteiger partial charge in [-0.15, -0.1) is 0 Å². The Morgan fingerprint density at radius 1 is 1.32 bits per heavy atom. The normalized spacial score (nSPS) is 10.4. The molecule has 2 aromatic rings. The van der Waals surface area contributed by atoms with E-state index in [0.29, 0.717) is 19.6 Å². The summed E-state index contributed by atoms with van der Waals surface area (Å²) in [7, 11) is 1.94. The molecule has 0 amide bonds. The first-order chi connectivity index (χ1) is 9.22. The van der Waals surface area contributed by atoms with Crippen molar-refractivity contribution in [3.05, 3.63) is 36.5 Å². The van der Waals surface area contributed by atoms with Crippen LogP contribution in [-0.4, -0.2) is 31.2 Å². The van der Waals surface area contributed by atoms with Crippen LogP contribution in [0.25, 0.3) is 10.8 Å². The molecule has 19 heavy (non-hydrogen) atoms. The summed E-state index contributed by atoms with van der Waals surface area (Å²) in [6, 6.07) is 10.1. The van der Waals surface area contributed by atoms with Gasteiger partial charge in [-0.25, -0.2) is 4.98 Å². The first-order valence-corrected chi connectivity index (χ1v) is 6.43. The number of aromatic nitrogens is 1. The molecule has 0 aliphatic heterocycles. The summed E-state index contributed by atoms with van der Waals surface area (Å²) in [5.74, 6) is 0.719. The highest BCUT2D eigenvalue weighted by molar-refractivity contribution is 5.92. The molecule has 0 unspecified atom stereocenters. The fraction of sp³-hybridized carbons (Fsp3) is 0.333. The second-order valence-corrected chi connectivity index (χ2v) is 4.33. The SMILES string of the molecule is CCOC(=O)CCN(C)c1nccc2ccccc12. The Kier molecular flexibility index (Phi) is 4.34. The second-order valence-electron chi connectivity index (χ2n) is 4.33. The van der Waals surface area contributed by atoms with E-state index in [9.17, 15) is 4.79 Å². The molecule has 0 atom stereocenters. The molecule has 0 spiro atoms. The van der Waals surface area contributed by atoms with E-state index < -0.39 is 0 Å². The predicted octanol–water partition coefficient (Wildman–Crippen LogP) is 2.62. The molecule has 1 aromatic heterocycles. The van der Waals surface area contributed by atoms with Crippen LogP contribution in [0.15, 0.2) is 36.5 Å². The lowest BCUT2D eigenvalue weighted by atomic mass is 10.1. The molecule has 0 radical (unpaired) electrons. The summed E-state index contributed by atoms with van der Waals surface area (Å²) >= 11 is 0. The zero-order chi connectivity index (χ0) is 13.7. The molecule has 4 heteroatoms. The molecule has 0 saturated heterocycles. The second kappa shape index (κ2) is 6.18. The van der Waals surface area contributed by atoms with E-state index in [0.717, 1.165) is 16.6 Å². The maximum absolute atomic E-state index is 11.4. The molecule has 0 fully saturated rings. The van der Waals surface area contributed by atoms with Gasteiger partial charge in [-0.1, -0.05) is 24.3 Å². The highest BCUT2D eigenvalue weighted by Crippen LogP contribution is 2.23. The van der Waals surface area contributed by atoms with Crippen LogP contribution in [0.4, 0.5) is 5.82 Å². The molecule has 2 rings (SSSR count). The maximum atomic E-state index is 11.4. The summed E-state index contributed by atoms with van der Waals surface area (Å²) in [5, 5.41) is 2.24. The first-order valence-electron chi connectivity index (χ1n) is 6.43. The summed E-state index contributed by atoms with van der Waals surface area (Å²) in [4.78, 5) is 17.8. The van der Waals surface area contributed by atoms with Crippen LogP contribution in [0, 0.1) is 0 Å². The number of fused-ring (bicyclic) bond motifs is 1. The van der Waals surface area contributed by atoms with Gasteiger partial charge in [0.15, 0.2) is 0 Å². The summed E-state index contributed by atoms with van der Waals surface area (Å²) in [5.41, 5.74) is 0. The number of nitrogens with zero attached hydrogens (tertiary/aromatic N) is 2. The Balaban J connectivity index is 2.13. The molecule has 0 bridgehead atoms. The van der Waals surface area contributed by atoms with E-state index in [1.165, 1.54) is 0 Å². The van der Waals surface area contributed by atoms with Crippen molar-refractivity contribution in [3.63, 3.8) is 0 Å². The van der Waals surface area contributed by atoms with Gasteiger partial charge < -0.3 is 9.64 Å². The van der Waals surface area contributed by atoms with Crippen LogP contribution < -0.4 is 4.90 Å². The van der Waals surface area contributed by atoms with Crippen LogP contribution >= 0.6 is 0 Å². The Hall–Kier alpha value is -2.10. The van der Waals surface area contributed by atoms with Gasteiger partial charge in [-0.05, 0) is 18.4 Å². The van der Waals surface area contributed by atoms with Crippen molar-refractivity contribution in [2.24, 2.45) is 0 Å². The fourth-order valence-corrected chi connectivity index (χ4v) is 2.01. The molecule has 0 aliphatic rings. The lowest BCUT2D eigenvalue weighted by Gasteiger charge is -2.19. The number of ether oxygens (including phenoxy) is 1. The number of rotatable bonds is 5. The van der Waals surface area contributed by atoms with Gasteiger partial charge in [0, 0.05) is 25.2 Å². The standard InChI is InChI=1S/C15H18N2O2/c1-3-19-14(18)9-11-17(2)15-13-7-5-4-6-12(13)8-10-16-15/h4-8,10H,3,9,11H2,1-2H3. The smallest absolute Gasteiger partial charge is 0.307 e. The zero-order valence-electron chi connectivity index (χ0n) is 11.3. The van der Waals surface area contributed by atoms with Crippen molar-refractivity contribution in [2.75, 3.05) is 25.1 Å². The van der Waals surface area contributed by atoms with Gasteiger partial charge in [0.1, 0.15) is 5.82 Å². The van der Waals surface area contributed by atoms with Crippen LogP contribution in [0.1, 0.15) is 13.3 Å². The van der Waals surface area contributed by atoms with Crippen molar-refractivity contribution >= 4 is 22.6 Å². The van der Waals surface area contributed by atoms with E-state index in [4.69, 9.17) is 4.74 Å². The predicted molar refractivity (Wildman–Crippen MR) is 76.3 cm³/mol. The summed E-state index contributed by atoms with van der Waals surface area (Å²) in [6.07, 6.45) is 2.16. The number of anilines is 1. The lowest BCUT2D eigenvalue weighted by Crippen LogP contribution is -2.23. The minimum atomic E-state index is -0.172. The third-order valence-corrected chi connectivity index (χ3v) is 2.97. The topological polar surface area (TPSA) is 42.4 Å². The van der Waals surface area contributed by atoms with E-state index >= 15 is 0 Å². The molecular weight excluding hydrogens is 240 g/mol. The fourth-order valence-electron chi connectivity index (χ4n) is 2.01. The zero-order valence-corrected chi connectivity index (χ0v) is 11.3. The Labute approximate surface area is 113 Å². The molecular formula is C15H18N2O2. The summed E-state index contributed by atoms with van der Waals surface area (Å²) < 4.78 is 4.93. The van der Waals surface area contributed by atoms with Crippen molar-refractivity contribution in [1.82, 2.24) is 4.98 Å². The number of hydrogen-bond acceptors (Lipinski definition) is 4. The van der Waals surface area contributed by atoms with E-state index in [2.05, 4.69) is 11.1 Å². The molecule has 0 saturated carbocycles. The Morgan fingerprint density at radius 2 is 2.11 bits per heavy atom. The van der Waals surface area contributed by atoms with E-state index in [-0.39, 0.29) is 5.97 Å². The third-order valence-electron chi connectivity index (χ3n) is 2.97.